The molecule has 0 spiro atoms. The van der Waals surface area contributed by atoms with E-state index in [4.69, 9.17) is 11.0 Å². The lowest BCUT2D eigenvalue weighted by Crippen LogP contribution is -2.23. The van der Waals surface area contributed by atoms with Crippen molar-refractivity contribution in [2.75, 3.05) is 31.2 Å². The average Bonchev–Trinajstić information content (AvgIpc) is 2.84. The number of nitrogens with zero attached hydrogens (tertiary/aromatic N) is 2. The highest BCUT2D eigenvalue weighted by Crippen LogP contribution is 2.36. The highest BCUT2D eigenvalue weighted by atomic mass is 32.1. The van der Waals surface area contributed by atoms with E-state index >= 15 is 0 Å². The van der Waals surface area contributed by atoms with Crippen LogP contribution in [0, 0.1) is 11.3 Å². The number of thiophene rings is 1. The van der Waals surface area contributed by atoms with Crippen LogP contribution in [0.15, 0.2) is 0 Å². The van der Waals surface area contributed by atoms with Crippen LogP contribution in [0.25, 0.3) is 0 Å². The third-order valence-electron chi connectivity index (χ3n) is 3.10. The molecular weight excluding hydrogens is 248 g/mol. The minimum atomic E-state index is -0.0920. The molecule has 0 amide bonds. The molecule has 1 aliphatic heterocycles. The van der Waals surface area contributed by atoms with E-state index < -0.39 is 0 Å². The first kappa shape index (κ1) is 12.9. The number of nitriles is 1. The zero-order chi connectivity index (χ0) is 13.3. The van der Waals surface area contributed by atoms with Gasteiger partial charge in [0.15, 0.2) is 5.78 Å². The second-order valence-electron chi connectivity index (χ2n) is 4.61. The maximum atomic E-state index is 11.4. The molecule has 2 heterocycles. The number of likely N-dealkylation sites (N-methyl/N-ethyl adjacent to an activating group) is 1. The zero-order valence-electron chi connectivity index (χ0n) is 10.5. The number of hydrogen-bond acceptors (Lipinski definition) is 6. The third-order valence-corrected chi connectivity index (χ3v) is 4.34. The van der Waals surface area contributed by atoms with Crippen LogP contribution in [-0.4, -0.2) is 36.9 Å². The maximum Gasteiger partial charge on any atom is 0.171 e. The average molecular weight is 264 g/mol. The van der Waals surface area contributed by atoms with Crippen LogP contribution in [0.4, 0.5) is 10.7 Å². The molecule has 1 unspecified atom stereocenters. The van der Waals surface area contributed by atoms with Gasteiger partial charge in [0.2, 0.25) is 0 Å². The van der Waals surface area contributed by atoms with E-state index in [1.54, 1.807) is 0 Å². The number of nitrogen functional groups attached to an aromatic ring is 1. The van der Waals surface area contributed by atoms with Gasteiger partial charge in [0, 0.05) is 19.5 Å². The summed E-state index contributed by atoms with van der Waals surface area (Å²) in [6.45, 7) is 3.45. The molecule has 3 N–H and O–H groups in total. The zero-order valence-corrected chi connectivity index (χ0v) is 11.3. The van der Waals surface area contributed by atoms with Crippen LogP contribution in [-0.2, 0) is 0 Å². The van der Waals surface area contributed by atoms with Crippen molar-refractivity contribution in [3.63, 3.8) is 0 Å². The molecule has 5 nitrogen and oxygen atoms in total. The molecule has 0 aliphatic carbocycles. The monoisotopic (exact) mass is 264 g/mol. The Hall–Kier alpha value is -1.58. The Morgan fingerprint density at radius 3 is 2.89 bits per heavy atom. The number of carbonyl (C=O) groups is 1. The first-order valence-corrected chi connectivity index (χ1v) is 6.63. The van der Waals surface area contributed by atoms with E-state index in [1.807, 2.05) is 0 Å². The Labute approximate surface area is 110 Å². The molecule has 6 heteroatoms. The second kappa shape index (κ2) is 4.96. The van der Waals surface area contributed by atoms with Gasteiger partial charge in [-0.15, -0.1) is 11.3 Å². The van der Waals surface area contributed by atoms with E-state index in [0.29, 0.717) is 22.2 Å². The lowest BCUT2D eigenvalue weighted by atomic mass is 10.2. The standard InChI is InChI=1S/C12H16N4OS/c1-7(17)11-10(14)9(5-13)12(18-11)15-8-3-4-16(2)6-8/h8,15H,3-4,6,14H2,1-2H3. The molecule has 1 aromatic heterocycles. The Morgan fingerprint density at radius 1 is 1.67 bits per heavy atom. The van der Waals surface area contributed by atoms with Crippen LogP contribution < -0.4 is 11.1 Å². The molecule has 1 saturated heterocycles. The fourth-order valence-electron chi connectivity index (χ4n) is 2.16. The molecule has 96 valence electrons. The van der Waals surface area contributed by atoms with Gasteiger partial charge in [0.05, 0.1) is 10.6 Å². The lowest BCUT2D eigenvalue weighted by Gasteiger charge is -2.12. The number of rotatable bonds is 3. The van der Waals surface area contributed by atoms with Gasteiger partial charge in [-0.2, -0.15) is 5.26 Å². The predicted octanol–water partition coefficient (Wildman–Crippen LogP) is 1.52. The van der Waals surface area contributed by atoms with Crippen molar-refractivity contribution < 1.29 is 4.79 Å². The summed E-state index contributed by atoms with van der Waals surface area (Å²) in [6.07, 6.45) is 1.04. The van der Waals surface area contributed by atoms with Crippen LogP contribution in [0.1, 0.15) is 28.6 Å². The van der Waals surface area contributed by atoms with Gasteiger partial charge < -0.3 is 16.0 Å². The lowest BCUT2D eigenvalue weighted by molar-refractivity contribution is 0.102. The summed E-state index contributed by atoms with van der Waals surface area (Å²) in [6, 6.07) is 2.40. The van der Waals surface area contributed by atoms with E-state index in [2.05, 4.69) is 23.3 Å². The second-order valence-corrected chi connectivity index (χ2v) is 5.63. The van der Waals surface area contributed by atoms with E-state index in [0.717, 1.165) is 24.5 Å². The molecule has 0 radical (unpaired) electrons. The molecule has 0 aromatic carbocycles. The maximum absolute atomic E-state index is 11.4. The van der Waals surface area contributed by atoms with Gasteiger partial charge in [-0.25, -0.2) is 0 Å². The van der Waals surface area contributed by atoms with Crippen molar-refractivity contribution >= 4 is 27.8 Å². The normalized spacial score (nSPS) is 19.7. The van der Waals surface area contributed by atoms with Gasteiger partial charge in [-0.3, -0.25) is 4.79 Å². The Morgan fingerprint density at radius 2 is 2.39 bits per heavy atom. The molecule has 1 fully saturated rings. The summed E-state index contributed by atoms with van der Waals surface area (Å²) >= 11 is 1.28. The number of nitrogens with one attached hydrogen (secondary N) is 1. The van der Waals surface area contributed by atoms with E-state index in [-0.39, 0.29) is 5.78 Å². The molecule has 2 rings (SSSR count). The molecule has 0 bridgehead atoms. The largest absolute Gasteiger partial charge is 0.396 e. The summed E-state index contributed by atoms with van der Waals surface area (Å²) in [4.78, 5) is 14.1. The molecule has 1 aliphatic rings. The summed E-state index contributed by atoms with van der Waals surface area (Å²) in [7, 11) is 2.07. The predicted molar refractivity (Wildman–Crippen MR) is 73.0 cm³/mol. The Balaban J connectivity index is 2.25. The number of nitrogens with two attached hydrogens (primary N) is 1. The van der Waals surface area contributed by atoms with Crippen LogP contribution in [0.3, 0.4) is 0 Å². The number of ketones is 1. The minimum absolute atomic E-state index is 0.0920. The summed E-state index contributed by atoms with van der Waals surface area (Å²) in [5.41, 5.74) is 6.55. The highest BCUT2D eigenvalue weighted by molar-refractivity contribution is 7.19. The number of anilines is 2. The quantitative estimate of drug-likeness (QED) is 0.809. The van der Waals surface area contributed by atoms with Crippen molar-refractivity contribution in [1.29, 1.82) is 5.26 Å². The molecule has 0 saturated carbocycles. The highest BCUT2D eigenvalue weighted by Gasteiger charge is 2.24. The van der Waals surface area contributed by atoms with Crippen LogP contribution in [0.2, 0.25) is 0 Å². The summed E-state index contributed by atoms with van der Waals surface area (Å²) in [5.74, 6) is -0.0920. The molecule has 1 aromatic rings. The van der Waals surface area contributed by atoms with Crippen molar-refractivity contribution in [2.45, 2.75) is 19.4 Å². The minimum Gasteiger partial charge on any atom is -0.396 e. The Kier molecular flexibility index (Phi) is 3.55. The van der Waals surface area contributed by atoms with Gasteiger partial charge in [-0.1, -0.05) is 0 Å². The van der Waals surface area contributed by atoms with Crippen molar-refractivity contribution in [2.24, 2.45) is 0 Å². The van der Waals surface area contributed by atoms with Crippen LogP contribution >= 0.6 is 11.3 Å². The number of Topliss-reactive ketones (excluding diaryl/α,β-unsaturated/α-hetero) is 1. The van der Waals surface area contributed by atoms with Gasteiger partial charge in [0.1, 0.15) is 16.6 Å². The fourth-order valence-corrected chi connectivity index (χ4v) is 3.20. The molecular formula is C12H16N4OS. The topological polar surface area (TPSA) is 82.2 Å². The van der Waals surface area contributed by atoms with Crippen molar-refractivity contribution in [3.8, 4) is 6.07 Å². The van der Waals surface area contributed by atoms with Crippen LogP contribution in [0.5, 0.6) is 0 Å². The fraction of sp³-hybridized carbons (Fsp3) is 0.500. The first-order valence-electron chi connectivity index (χ1n) is 5.81. The molecule has 1 atom stereocenters. The smallest absolute Gasteiger partial charge is 0.171 e. The van der Waals surface area contributed by atoms with Crippen molar-refractivity contribution in [1.82, 2.24) is 4.90 Å². The summed E-state index contributed by atoms with van der Waals surface area (Å²) < 4.78 is 0. The van der Waals surface area contributed by atoms with Gasteiger partial charge >= 0.3 is 0 Å². The molecule has 18 heavy (non-hydrogen) atoms. The van der Waals surface area contributed by atoms with E-state index in [9.17, 15) is 4.79 Å². The van der Waals surface area contributed by atoms with E-state index in [1.165, 1.54) is 18.3 Å². The SMILES string of the molecule is CC(=O)c1sc(NC2CCN(C)C2)c(C#N)c1N. The van der Waals surface area contributed by atoms with Crippen molar-refractivity contribution in [3.05, 3.63) is 10.4 Å². The third kappa shape index (κ3) is 2.33. The first-order chi connectivity index (χ1) is 8.52. The number of likely N-dealkylation sites (tertiary alicyclic amines) is 1. The van der Waals surface area contributed by atoms with Gasteiger partial charge in [-0.05, 0) is 20.0 Å². The summed E-state index contributed by atoms with van der Waals surface area (Å²) in [5, 5.41) is 13.2. The van der Waals surface area contributed by atoms with Gasteiger partial charge in [0.25, 0.3) is 0 Å². The Bertz CT molecular complexity index is 517. The number of hydrogen-bond donors (Lipinski definition) is 2. The number of carbonyl (C=O) groups excluding carboxylic acids is 1.